The van der Waals surface area contributed by atoms with E-state index in [0.717, 1.165) is 0 Å². The highest BCUT2D eigenvalue weighted by Gasteiger charge is 2.23. The Balaban J connectivity index is 2.97. The van der Waals surface area contributed by atoms with Crippen LogP contribution in [0.5, 0.6) is 0 Å². The first-order valence-electron chi connectivity index (χ1n) is 6.12. The molecular weight excluding hydrogens is 249 g/mol. The Hall–Kier alpha value is -1.69. The van der Waals surface area contributed by atoms with Gasteiger partial charge in [0.2, 0.25) is 0 Å². The van der Waals surface area contributed by atoms with Crippen LogP contribution >= 0.6 is 0 Å². The van der Waals surface area contributed by atoms with Gasteiger partial charge in [0.15, 0.2) is 11.6 Å². The minimum atomic E-state index is -1.03. The number of nitrogens with zero attached hydrogens (tertiary/aromatic N) is 2. The molecule has 0 aliphatic rings. The molecule has 5 nitrogen and oxygen atoms in total. The van der Waals surface area contributed by atoms with Crippen molar-refractivity contribution in [2.75, 3.05) is 25.5 Å². The van der Waals surface area contributed by atoms with Crippen LogP contribution in [0, 0.1) is 5.82 Å². The van der Waals surface area contributed by atoms with Crippen molar-refractivity contribution in [2.24, 2.45) is 0 Å². The Bertz CT molecular complexity index is 458. The predicted molar refractivity (Wildman–Crippen MR) is 71.6 cm³/mol. The van der Waals surface area contributed by atoms with Gasteiger partial charge in [-0.3, -0.25) is 4.79 Å². The van der Waals surface area contributed by atoms with Crippen LogP contribution in [-0.2, 0) is 0 Å². The standard InChI is InChI=1S/C13H20FN3O2/c1-5-15-11-10(14)9(6-7-16-11)12(18)17(4)8-13(2,3)19/h6-7,19H,5,8H2,1-4H3,(H,15,16). The zero-order valence-corrected chi connectivity index (χ0v) is 11.7. The predicted octanol–water partition coefficient (Wildman–Crippen LogP) is 1.50. The molecule has 1 amide bonds. The van der Waals surface area contributed by atoms with Crippen LogP contribution in [0.4, 0.5) is 10.2 Å². The van der Waals surface area contributed by atoms with Crippen molar-refractivity contribution in [3.8, 4) is 0 Å². The second kappa shape index (κ2) is 5.97. The molecule has 0 atom stereocenters. The largest absolute Gasteiger partial charge is 0.389 e. The van der Waals surface area contributed by atoms with Gasteiger partial charge in [0.1, 0.15) is 0 Å². The van der Waals surface area contributed by atoms with E-state index in [2.05, 4.69) is 10.3 Å². The van der Waals surface area contributed by atoms with Crippen LogP contribution in [0.25, 0.3) is 0 Å². The fraction of sp³-hybridized carbons (Fsp3) is 0.538. The molecular formula is C13H20FN3O2. The fourth-order valence-electron chi connectivity index (χ4n) is 1.76. The molecule has 0 saturated carbocycles. The second-order valence-electron chi connectivity index (χ2n) is 5.03. The molecule has 0 fully saturated rings. The molecule has 0 bridgehead atoms. The summed E-state index contributed by atoms with van der Waals surface area (Å²) in [5.74, 6) is -1.09. The molecule has 0 unspecified atom stereocenters. The van der Waals surface area contributed by atoms with Gasteiger partial charge in [0, 0.05) is 26.3 Å². The van der Waals surface area contributed by atoms with Gasteiger partial charge in [-0.25, -0.2) is 9.37 Å². The summed E-state index contributed by atoms with van der Waals surface area (Å²) in [7, 11) is 1.52. The molecule has 0 aromatic carbocycles. The molecule has 0 radical (unpaired) electrons. The highest BCUT2D eigenvalue weighted by Crippen LogP contribution is 2.17. The Morgan fingerprint density at radius 2 is 2.21 bits per heavy atom. The lowest BCUT2D eigenvalue weighted by Crippen LogP contribution is -2.40. The number of pyridine rings is 1. The van der Waals surface area contributed by atoms with E-state index < -0.39 is 17.3 Å². The molecule has 6 heteroatoms. The molecule has 19 heavy (non-hydrogen) atoms. The Morgan fingerprint density at radius 3 is 2.74 bits per heavy atom. The van der Waals surface area contributed by atoms with Gasteiger partial charge in [-0.2, -0.15) is 0 Å². The lowest BCUT2D eigenvalue weighted by molar-refractivity contribution is 0.0365. The first-order valence-corrected chi connectivity index (χ1v) is 6.12. The van der Waals surface area contributed by atoms with E-state index in [1.165, 1.54) is 24.2 Å². The maximum atomic E-state index is 14.1. The Labute approximate surface area is 112 Å². The van der Waals surface area contributed by atoms with E-state index >= 15 is 0 Å². The highest BCUT2D eigenvalue weighted by atomic mass is 19.1. The Morgan fingerprint density at radius 1 is 1.58 bits per heavy atom. The van der Waals surface area contributed by atoms with Gasteiger partial charge in [0.05, 0.1) is 11.2 Å². The summed E-state index contributed by atoms with van der Waals surface area (Å²) < 4.78 is 14.1. The van der Waals surface area contributed by atoms with Crippen molar-refractivity contribution in [2.45, 2.75) is 26.4 Å². The van der Waals surface area contributed by atoms with E-state index in [-0.39, 0.29) is 17.9 Å². The van der Waals surface area contributed by atoms with Crippen molar-refractivity contribution in [3.05, 3.63) is 23.6 Å². The molecule has 1 rings (SSSR count). The number of hydrogen-bond acceptors (Lipinski definition) is 4. The number of aromatic nitrogens is 1. The first-order chi connectivity index (χ1) is 8.76. The number of aliphatic hydroxyl groups is 1. The van der Waals surface area contributed by atoms with Crippen LogP contribution in [-0.4, -0.2) is 46.6 Å². The minimum Gasteiger partial charge on any atom is -0.389 e. The monoisotopic (exact) mass is 269 g/mol. The van der Waals surface area contributed by atoms with E-state index in [9.17, 15) is 14.3 Å². The van der Waals surface area contributed by atoms with Crippen LogP contribution in [0.15, 0.2) is 12.3 Å². The number of anilines is 1. The smallest absolute Gasteiger partial charge is 0.256 e. The van der Waals surface area contributed by atoms with Crippen LogP contribution in [0.1, 0.15) is 31.1 Å². The average molecular weight is 269 g/mol. The van der Waals surface area contributed by atoms with Crippen molar-refractivity contribution < 1.29 is 14.3 Å². The summed E-state index contributed by atoms with van der Waals surface area (Å²) >= 11 is 0. The normalized spacial score (nSPS) is 11.3. The molecule has 1 aromatic heterocycles. The zero-order valence-electron chi connectivity index (χ0n) is 11.7. The molecule has 0 aliphatic heterocycles. The summed E-state index contributed by atoms with van der Waals surface area (Å²) in [5, 5.41) is 12.4. The van der Waals surface area contributed by atoms with Crippen molar-refractivity contribution in [1.82, 2.24) is 9.88 Å². The lowest BCUT2D eigenvalue weighted by Gasteiger charge is -2.25. The van der Waals surface area contributed by atoms with Gasteiger partial charge >= 0.3 is 0 Å². The van der Waals surface area contributed by atoms with E-state index in [1.807, 2.05) is 6.92 Å². The minimum absolute atomic E-state index is 0.0577. The third-order valence-electron chi connectivity index (χ3n) is 2.43. The quantitative estimate of drug-likeness (QED) is 0.850. The summed E-state index contributed by atoms with van der Waals surface area (Å²) in [4.78, 5) is 17.2. The number of nitrogens with one attached hydrogen (secondary N) is 1. The van der Waals surface area contributed by atoms with Gasteiger partial charge < -0.3 is 15.3 Å². The van der Waals surface area contributed by atoms with Gasteiger partial charge in [-0.1, -0.05) is 0 Å². The number of rotatable bonds is 5. The van der Waals surface area contributed by atoms with Crippen LogP contribution in [0.3, 0.4) is 0 Å². The molecule has 1 aromatic rings. The molecule has 2 N–H and O–H groups in total. The van der Waals surface area contributed by atoms with E-state index in [0.29, 0.717) is 6.54 Å². The molecule has 106 valence electrons. The third kappa shape index (κ3) is 4.17. The molecule has 0 saturated heterocycles. The third-order valence-corrected chi connectivity index (χ3v) is 2.43. The number of amides is 1. The number of halogens is 1. The number of carbonyl (C=O) groups excluding carboxylic acids is 1. The van der Waals surface area contributed by atoms with Crippen molar-refractivity contribution in [3.63, 3.8) is 0 Å². The summed E-state index contributed by atoms with van der Waals surface area (Å²) in [5.41, 5.74) is -1.09. The van der Waals surface area contributed by atoms with Gasteiger partial charge in [-0.05, 0) is 26.8 Å². The molecule has 0 aliphatic carbocycles. The SMILES string of the molecule is CCNc1nccc(C(=O)N(C)CC(C)(C)O)c1F. The zero-order chi connectivity index (χ0) is 14.6. The Kier molecular flexibility index (Phi) is 4.83. The highest BCUT2D eigenvalue weighted by molar-refractivity contribution is 5.95. The van der Waals surface area contributed by atoms with E-state index in [4.69, 9.17) is 0 Å². The second-order valence-corrected chi connectivity index (χ2v) is 5.03. The maximum Gasteiger partial charge on any atom is 0.256 e. The summed E-state index contributed by atoms with van der Waals surface area (Å²) in [6.45, 7) is 5.62. The van der Waals surface area contributed by atoms with Crippen LogP contribution < -0.4 is 5.32 Å². The van der Waals surface area contributed by atoms with Gasteiger partial charge in [0.25, 0.3) is 5.91 Å². The van der Waals surface area contributed by atoms with Crippen LogP contribution in [0.2, 0.25) is 0 Å². The van der Waals surface area contributed by atoms with Crippen molar-refractivity contribution in [1.29, 1.82) is 0 Å². The first kappa shape index (κ1) is 15.4. The fourth-order valence-corrected chi connectivity index (χ4v) is 1.76. The number of carbonyl (C=O) groups is 1. The topological polar surface area (TPSA) is 65.5 Å². The number of likely N-dealkylation sites (N-methyl/N-ethyl adjacent to an activating group) is 1. The van der Waals surface area contributed by atoms with Gasteiger partial charge in [-0.15, -0.1) is 0 Å². The molecule has 0 spiro atoms. The average Bonchev–Trinajstić information content (AvgIpc) is 2.29. The summed E-state index contributed by atoms with van der Waals surface area (Å²) in [6.07, 6.45) is 1.38. The lowest BCUT2D eigenvalue weighted by atomic mass is 10.1. The van der Waals surface area contributed by atoms with Crippen molar-refractivity contribution >= 4 is 11.7 Å². The van der Waals surface area contributed by atoms with E-state index in [1.54, 1.807) is 13.8 Å². The maximum absolute atomic E-state index is 14.1. The molecule has 1 heterocycles. The number of hydrogen-bond donors (Lipinski definition) is 2. The summed E-state index contributed by atoms with van der Waals surface area (Å²) in [6, 6.07) is 1.33.